The molecule has 8 rings (SSSR count). The van der Waals surface area contributed by atoms with Gasteiger partial charge in [0, 0.05) is 34.6 Å². The number of hydrogen-bond acceptors (Lipinski definition) is 8. The van der Waals surface area contributed by atoms with Crippen LogP contribution in [0.15, 0.2) is 170 Å². The number of ether oxygens (including phenoxy) is 4. The van der Waals surface area contributed by atoms with Crippen LogP contribution in [0.3, 0.4) is 0 Å². The van der Waals surface area contributed by atoms with Crippen molar-refractivity contribution in [2.24, 2.45) is 0 Å². The molecule has 0 fully saturated rings. The van der Waals surface area contributed by atoms with E-state index in [4.69, 9.17) is 65.1 Å². The second kappa shape index (κ2) is 20.3. The van der Waals surface area contributed by atoms with Gasteiger partial charge in [-0.15, -0.1) is 0 Å². The molecule has 0 spiro atoms. The topological polar surface area (TPSA) is 141 Å². The fourth-order valence-corrected chi connectivity index (χ4v) is 7.34. The van der Waals surface area contributed by atoms with Crippen molar-refractivity contribution in [1.82, 2.24) is 0 Å². The molecule has 0 saturated heterocycles. The molecular formula is C54H50Cl2N4O4. The van der Waals surface area contributed by atoms with E-state index in [0.717, 1.165) is 56.6 Å². The maximum absolute atomic E-state index is 6.50. The summed E-state index contributed by atoms with van der Waals surface area (Å²) in [6.45, 7) is 8.44. The van der Waals surface area contributed by atoms with Crippen molar-refractivity contribution in [3.05, 3.63) is 213 Å². The summed E-state index contributed by atoms with van der Waals surface area (Å²) in [4.78, 5) is 0. The Hall–Kier alpha value is -7.26. The van der Waals surface area contributed by atoms with E-state index in [-0.39, 0.29) is 11.8 Å². The molecule has 8 nitrogen and oxygen atoms in total. The van der Waals surface area contributed by atoms with Crippen LogP contribution in [0.4, 0.5) is 22.7 Å². The van der Waals surface area contributed by atoms with Crippen LogP contribution >= 0.6 is 23.2 Å². The van der Waals surface area contributed by atoms with E-state index >= 15 is 0 Å². The zero-order valence-corrected chi connectivity index (χ0v) is 37.5. The molecule has 10 heteroatoms. The van der Waals surface area contributed by atoms with E-state index in [1.807, 2.05) is 97.1 Å². The second-order valence-electron chi connectivity index (χ2n) is 15.6. The molecule has 0 unspecified atom stereocenters. The van der Waals surface area contributed by atoms with Gasteiger partial charge in [-0.3, -0.25) is 0 Å². The zero-order valence-electron chi connectivity index (χ0n) is 36.0. The van der Waals surface area contributed by atoms with Gasteiger partial charge in [-0.25, -0.2) is 0 Å². The third-order valence-corrected chi connectivity index (χ3v) is 11.3. The predicted molar refractivity (Wildman–Crippen MR) is 264 cm³/mol. The molecule has 0 bridgehead atoms. The minimum absolute atomic E-state index is 0.0705. The van der Waals surface area contributed by atoms with E-state index in [1.165, 1.54) is 11.1 Å². The summed E-state index contributed by atoms with van der Waals surface area (Å²) in [6.07, 6.45) is 0. The Morgan fingerprint density at radius 1 is 0.328 bits per heavy atom. The lowest BCUT2D eigenvalue weighted by atomic mass is 9.91. The van der Waals surface area contributed by atoms with Gasteiger partial charge in [0.05, 0.1) is 10.0 Å². The van der Waals surface area contributed by atoms with E-state index in [1.54, 1.807) is 48.5 Å². The first-order chi connectivity index (χ1) is 30.8. The Balaban J connectivity index is 0.000000191. The summed E-state index contributed by atoms with van der Waals surface area (Å²) < 4.78 is 23.8. The maximum atomic E-state index is 6.50. The highest BCUT2D eigenvalue weighted by Gasteiger charge is 2.16. The number of anilines is 4. The molecule has 0 saturated carbocycles. The number of hydrogen-bond donors (Lipinski definition) is 4. The maximum Gasteiger partial charge on any atom is 0.146 e. The summed E-state index contributed by atoms with van der Waals surface area (Å²) in [5, 5.41) is 1.06. The van der Waals surface area contributed by atoms with Crippen molar-refractivity contribution < 1.29 is 18.9 Å². The smallest absolute Gasteiger partial charge is 0.146 e. The Labute approximate surface area is 384 Å². The average Bonchev–Trinajstić information content (AvgIpc) is 3.29. The van der Waals surface area contributed by atoms with Gasteiger partial charge in [0.15, 0.2) is 0 Å². The lowest BCUT2D eigenvalue weighted by Crippen LogP contribution is -1.99. The van der Waals surface area contributed by atoms with Gasteiger partial charge in [-0.1, -0.05) is 73.4 Å². The minimum atomic E-state index is 0.0705. The van der Waals surface area contributed by atoms with Crippen LogP contribution in [0.1, 0.15) is 59.1 Å². The summed E-state index contributed by atoms with van der Waals surface area (Å²) in [6, 6.07) is 53.4. The fourth-order valence-electron chi connectivity index (χ4n) is 6.89. The molecule has 0 radical (unpaired) electrons. The highest BCUT2D eigenvalue weighted by atomic mass is 35.5. The zero-order chi connectivity index (χ0) is 45.3. The number of aryl methyl sites for hydroxylation is 2. The largest absolute Gasteiger partial charge is 0.457 e. The van der Waals surface area contributed by atoms with Crippen molar-refractivity contribution in [1.29, 1.82) is 0 Å². The average molecular weight is 890 g/mol. The number of rotatable bonds is 12. The van der Waals surface area contributed by atoms with Gasteiger partial charge in [0.25, 0.3) is 0 Å². The molecule has 0 atom stereocenters. The first-order valence-corrected chi connectivity index (χ1v) is 21.5. The van der Waals surface area contributed by atoms with Gasteiger partial charge in [-0.05, 0) is 181 Å². The van der Waals surface area contributed by atoms with Crippen molar-refractivity contribution in [2.75, 3.05) is 22.9 Å². The summed E-state index contributed by atoms with van der Waals surface area (Å²) >= 11 is 13.0. The van der Waals surface area contributed by atoms with Crippen molar-refractivity contribution in [2.45, 2.75) is 39.5 Å². The van der Waals surface area contributed by atoms with Gasteiger partial charge in [-0.2, -0.15) is 0 Å². The Morgan fingerprint density at radius 3 is 0.812 bits per heavy atom. The summed E-state index contributed by atoms with van der Waals surface area (Å²) in [7, 11) is 0. The Bertz CT molecular complexity index is 2450. The van der Waals surface area contributed by atoms with Gasteiger partial charge in [0.1, 0.15) is 46.0 Å². The molecule has 8 aromatic rings. The molecule has 8 N–H and O–H groups in total. The molecule has 0 aliphatic rings. The number of nitrogens with two attached hydrogens (primary N) is 4. The van der Waals surface area contributed by atoms with Crippen LogP contribution < -0.4 is 41.9 Å². The van der Waals surface area contributed by atoms with Crippen molar-refractivity contribution in [3.8, 4) is 46.0 Å². The quantitative estimate of drug-likeness (QED) is 0.0889. The molecule has 8 aromatic carbocycles. The van der Waals surface area contributed by atoms with Crippen LogP contribution in [0, 0.1) is 13.8 Å². The van der Waals surface area contributed by atoms with Crippen LogP contribution in [-0.2, 0) is 0 Å². The van der Waals surface area contributed by atoms with Crippen LogP contribution in [0.25, 0.3) is 0 Å². The highest BCUT2D eigenvalue weighted by molar-refractivity contribution is 6.32. The molecule has 0 aliphatic carbocycles. The molecule has 324 valence electrons. The first-order valence-electron chi connectivity index (χ1n) is 20.7. The molecule has 0 heterocycles. The normalized spacial score (nSPS) is 10.9. The second-order valence-corrected chi connectivity index (χ2v) is 16.4. The van der Waals surface area contributed by atoms with Crippen LogP contribution in [0.2, 0.25) is 10.0 Å². The highest BCUT2D eigenvalue weighted by Crippen LogP contribution is 2.38. The molecule has 0 aromatic heterocycles. The molecular weight excluding hydrogens is 840 g/mol. The van der Waals surface area contributed by atoms with Crippen molar-refractivity contribution in [3.63, 3.8) is 0 Å². The first kappa shape index (κ1) is 44.8. The third-order valence-electron chi connectivity index (χ3n) is 10.7. The number of halogens is 2. The van der Waals surface area contributed by atoms with Crippen molar-refractivity contribution >= 4 is 46.0 Å². The molecule has 64 heavy (non-hydrogen) atoms. The standard InChI is InChI=1S/C28H28N2O2.C26H22Cl2N2O2/c1-18-16-21(4-14-27(18)31-25-10-6-23(29)7-11-25)20(3)22-5-15-28(19(2)17-22)32-26-12-8-24(30)9-13-26;1-16(17-2-12-25(23(27)14-17)31-21-8-4-19(29)5-9-21)18-3-13-26(24(28)15-18)32-22-10-6-20(30)7-11-22/h4-17,20H,29-30H2,1-3H3;2-16H,29-30H2,1H3. The van der Waals surface area contributed by atoms with Gasteiger partial charge < -0.3 is 41.9 Å². The number of nitrogen functional groups attached to an aromatic ring is 4. The predicted octanol–water partition coefficient (Wildman–Crippen LogP) is 15.1. The lowest BCUT2D eigenvalue weighted by Gasteiger charge is -2.17. The van der Waals surface area contributed by atoms with E-state index in [2.05, 4.69) is 52.0 Å². The van der Waals surface area contributed by atoms with Gasteiger partial charge >= 0.3 is 0 Å². The SMILES string of the molecule is CC(c1ccc(Oc2ccc(N)cc2)c(Cl)c1)c1ccc(Oc2ccc(N)cc2)c(Cl)c1.Cc1cc(C(C)c2ccc(Oc3ccc(N)cc3)c(C)c2)ccc1Oc1ccc(N)cc1. The number of benzene rings is 8. The molecule has 0 amide bonds. The van der Waals surface area contributed by atoms with E-state index in [0.29, 0.717) is 44.4 Å². The lowest BCUT2D eigenvalue weighted by molar-refractivity contribution is 0.478. The third kappa shape index (κ3) is 11.6. The monoisotopic (exact) mass is 888 g/mol. The summed E-state index contributed by atoms with van der Waals surface area (Å²) in [5.74, 6) is 6.05. The fraction of sp³-hybridized carbons (Fsp3) is 0.111. The van der Waals surface area contributed by atoms with Crippen LogP contribution in [0.5, 0.6) is 46.0 Å². The Morgan fingerprint density at radius 2 is 0.562 bits per heavy atom. The molecule has 0 aliphatic heterocycles. The van der Waals surface area contributed by atoms with E-state index < -0.39 is 0 Å². The minimum Gasteiger partial charge on any atom is -0.457 e. The van der Waals surface area contributed by atoms with Gasteiger partial charge in [0.2, 0.25) is 0 Å². The van der Waals surface area contributed by atoms with Crippen LogP contribution in [-0.4, -0.2) is 0 Å². The summed E-state index contributed by atoms with van der Waals surface area (Å²) in [5.41, 5.74) is 32.5. The Kier molecular flexibility index (Phi) is 14.2. The van der Waals surface area contributed by atoms with E-state index in [9.17, 15) is 0 Å².